The molecule has 0 saturated carbocycles. The van der Waals surface area contributed by atoms with Crippen molar-refractivity contribution < 1.29 is 9.53 Å². The zero-order chi connectivity index (χ0) is 12.8. The number of aromatic nitrogens is 2. The van der Waals surface area contributed by atoms with Crippen molar-refractivity contribution in [3.8, 4) is 0 Å². The predicted molar refractivity (Wildman–Crippen MR) is 66.5 cm³/mol. The molecule has 1 aromatic rings. The fraction of sp³-hybridized carbons (Fsp3) is 0.538. The Morgan fingerprint density at radius 1 is 1.65 bits per heavy atom. The van der Waals surface area contributed by atoms with Crippen molar-refractivity contribution in [2.24, 2.45) is 0 Å². The van der Waals surface area contributed by atoms with Crippen molar-refractivity contribution in [1.29, 1.82) is 0 Å². The number of hydrogen-bond donors (Lipinski definition) is 1. The smallest absolute Gasteiger partial charge is 0.333 e. The highest BCUT2D eigenvalue weighted by atomic mass is 16.5. The zero-order valence-corrected chi connectivity index (χ0v) is 10.7. The van der Waals surface area contributed by atoms with Crippen molar-refractivity contribution in [2.45, 2.75) is 46.1 Å². The lowest BCUT2D eigenvalue weighted by Gasteiger charge is -2.16. The Labute approximate surface area is 102 Å². The number of aryl methyl sites for hydroxylation is 1. The number of ether oxygens (including phenoxy) is 1. The van der Waals surface area contributed by atoms with E-state index in [2.05, 4.69) is 23.5 Å². The second kappa shape index (κ2) is 6.23. The van der Waals surface area contributed by atoms with Crippen molar-refractivity contribution >= 4 is 5.97 Å². The van der Waals surface area contributed by atoms with E-state index in [1.807, 2.05) is 6.92 Å². The summed E-state index contributed by atoms with van der Waals surface area (Å²) in [7, 11) is 0. The van der Waals surface area contributed by atoms with Gasteiger partial charge in [-0.15, -0.1) is 0 Å². The largest absolute Gasteiger partial charge is 0.453 e. The molecule has 0 radical (unpaired) electrons. The van der Waals surface area contributed by atoms with E-state index in [1.165, 1.54) is 0 Å². The van der Waals surface area contributed by atoms with Gasteiger partial charge < -0.3 is 9.72 Å². The summed E-state index contributed by atoms with van der Waals surface area (Å²) in [6, 6.07) is 0. The first-order valence-electron chi connectivity index (χ1n) is 5.92. The number of unbranched alkanes of at least 4 members (excludes halogenated alkanes) is 1. The van der Waals surface area contributed by atoms with Crippen molar-refractivity contribution in [3.63, 3.8) is 0 Å². The third kappa shape index (κ3) is 4.06. The summed E-state index contributed by atoms with van der Waals surface area (Å²) in [5, 5.41) is 0. The average molecular weight is 236 g/mol. The molecule has 0 spiro atoms. The van der Waals surface area contributed by atoms with Gasteiger partial charge in [0.1, 0.15) is 11.9 Å². The molecule has 0 aromatic carbocycles. The summed E-state index contributed by atoms with van der Waals surface area (Å²) in [5.41, 5.74) is 1.27. The molecule has 1 atom stereocenters. The van der Waals surface area contributed by atoms with Crippen LogP contribution in [0, 0.1) is 6.92 Å². The molecular formula is C13H20N2O2. The first-order chi connectivity index (χ1) is 8.04. The van der Waals surface area contributed by atoms with E-state index >= 15 is 0 Å². The van der Waals surface area contributed by atoms with Crippen LogP contribution in [0.1, 0.15) is 50.7 Å². The fourth-order valence-corrected chi connectivity index (χ4v) is 1.50. The van der Waals surface area contributed by atoms with Crippen LogP contribution >= 0.6 is 0 Å². The molecule has 1 rings (SSSR count). The van der Waals surface area contributed by atoms with E-state index in [1.54, 1.807) is 13.1 Å². The molecule has 0 aliphatic carbocycles. The van der Waals surface area contributed by atoms with Gasteiger partial charge in [0.25, 0.3) is 0 Å². The minimum atomic E-state index is -0.349. The van der Waals surface area contributed by atoms with E-state index in [0.717, 1.165) is 30.8 Å². The van der Waals surface area contributed by atoms with Crippen LogP contribution in [0.25, 0.3) is 0 Å². The van der Waals surface area contributed by atoms with Crippen LogP contribution < -0.4 is 0 Å². The van der Waals surface area contributed by atoms with Gasteiger partial charge in [-0.3, -0.25) is 0 Å². The van der Waals surface area contributed by atoms with Crippen LogP contribution in [0.3, 0.4) is 0 Å². The molecule has 94 valence electrons. The van der Waals surface area contributed by atoms with Gasteiger partial charge in [-0.1, -0.05) is 19.9 Å². The first-order valence-corrected chi connectivity index (χ1v) is 5.92. The Bertz CT molecular complexity index is 396. The molecule has 0 amide bonds. The monoisotopic (exact) mass is 236 g/mol. The van der Waals surface area contributed by atoms with Gasteiger partial charge in [0.05, 0.1) is 11.9 Å². The maximum Gasteiger partial charge on any atom is 0.333 e. The molecule has 0 bridgehead atoms. The number of carbonyl (C=O) groups excluding carboxylic acids is 1. The molecule has 1 unspecified atom stereocenters. The number of nitrogens with one attached hydrogen (secondary N) is 1. The van der Waals surface area contributed by atoms with Gasteiger partial charge in [0.15, 0.2) is 0 Å². The normalized spacial score (nSPS) is 12.2. The van der Waals surface area contributed by atoms with Gasteiger partial charge in [-0.05, 0) is 26.7 Å². The Kier molecular flexibility index (Phi) is 4.94. The standard InChI is InChI=1S/C13H20N2O2/c1-5-6-7-12(17-13(16)9(2)3)11-8-14-10(4)15-11/h8,12H,2,5-7H2,1,3-4H3,(H,14,15). The maximum atomic E-state index is 11.5. The third-order valence-corrected chi connectivity index (χ3v) is 2.49. The quantitative estimate of drug-likeness (QED) is 0.610. The Hall–Kier alpha value is -1.58. The molecule has 0 saturated heterocycles. The number of aromatic amines is 1. The fourth-order valence-electron chi connectivity index (χ4n) is 1.50. The van der Waals surface area contributed by atoms with Crippen LogP contribution in [0.2, 0.25) is 0 Å². The minimum Gasteiger partial charge on any atom is -0.453 e. The lowest BCUT2D eigenvalue weighted by Crippen LogP contribution is -2.12. The van der Waals surface area contributed by atoms with E-state index in [0.29, 0.717) is 5.57 Å². The number of esters is 1. The van der Waals surface area contributed by atoms with Crippen molar-refractivity contribution in [1.82, 2.24) is 9.97 Å². The minimum absolute atomic E-state index is 0.250. The lowest BCUT2D eigenvalue weighted by molar-refractivity contribution is -0.145. The highest BCUT2D eigenvalue weighted by Crippen LogP contribution is 2.23. The molecule has 1 N–H and O–H groups in total. The number of imidazole rings is 1. The van der Waals surface area contributed by atoms with Gasteiger partial charge >= 0.3 is 5.97 Å². The third-order valence-electron chi connectivity index (χ3n) is 2.49. The summed E-state index contributed by atoms with van der Waals surface area (Å²) >= 11 is 0. The number of carbonyl (C=O) groups is 1. The molecule has 0 aliphatic rings. The van der Waals surface area contributed by atoms with E-state index in [-0.39, 0.29) is 12.1 Å². The summed E-state index contributed by atoms with van der Waals surface area (Å²) in [5.74, 6) is 0.478. The lowest BCUT2D eigenvalue weighted by atomic mass is 10.1. The number of nitrogens with zero attached hydrogens (tertiary/aromatic N) is 1. The van der Waals surface area contributed by atoms with E-state index < -0.39 is 0 Å². The van der Waals surface area contributed by atoms with E-state index in [9.17, 15) is 4.79 Å². The van der Waals surface area contributed by atoms with Gasteiger partial charge in [0.2, 0.25) is 0 Å². The summed E-state index contributed by atoms with van der Waals surface area (Å²) in [6.07, 6.45) is 4.35. The van der Waals surface area contributed by atoms with Crippen LogP contribution in [-0.4, -0.2) is 15.9 Å². The Morgan fingerprint density at radius 2 is 2.35 bits per heavy atom. The molecule has 1 heterocycles. The topological polar surface area (TPSA) is 55.0 Å². The first kappa shape index (κ1) is 13.5. The van der Waals surface area contributed by atoms with Gasteiger partial charge in [-0.25, -0.2) is 9.78 Å². The second-order valence-corrected chi connectivity index (χ2v) is 4.24. The summed E-state index contributed by atoms with van der Waals surface area (Å²) in [6.45, 7) is 9.22. The van der Waals surface area contributed by atoms with Crippen molar-refractivity contribution in [3.05, 3.63) is 29.9 Å². The molecule has 0 aliphatic heterocycles. The number of H-pyrrole nitrogens is 1. The molecule has 17 heavy (non-hydrogen) atoms. The van der Waals surface area contributed by atoms with Crippen LogP contribution in [-0.2, 0) is 9.53 Å². The summed E-state index contributed by atoms with van der Waals surface area (Å²) in [4.78, 5) is 18.8. The van der Waals surface area contributed by atoms with Gasteiger partial charge in [-0.2, -0.15) is 0 Å². The van der Waals surface area contributed by atoms with Crippen molar-refractivity contribution in [2.75, 3.05) is 0 Å². The second-order valence-electron chi connectivity index (χ2n) is 4.24. The molecule has 4 nitrogen and oxygen atoms in total. The van der Waals surface area contributed by atoms with Crippen LogP contribution in [0.4, 0.5) is 0 Å². The maximum absolute atomic E-state index is 11.5. The van der Waals surface area contributed by atoms with Gasteiger partial charge in [0, 0.05) is 5.57 Å². The number of hydrogen-bond acceptors (Lipinski definition) is 3. The number of rotatable bonds is 6. The Morgan fingerprint density at radius 3 is 2.82 bits per heavy atom. The Balaban J connectivity index is 2.73. The van der Waals surface area contributed by atoms with Crippen LogP contribution in [0.5, 0.6) is 0 Å². The molecule has 0 fully saturated rings. The highest BCUT2D eigenvalue weighted by molar-refractivity contribution is 5.87. The van der Waals surface area contributed by atoms with Crippen LogP contribution in [0.15, 0.2) is 18.3 Å². The average Bonchev–Trinajstić information content (AvgIpc) is 2.70. The van der Waals surface area contributed by atoms with E-state index in [4.69, 9.17) is 4.74 Å². The molecular weight excluding hydrogens is 216 g/mol. The summed E-state index contributed by atoms with van der Waals surface area (Å²) < 4.78 is 5.40. The highest BCUT2D eigenvalue weighted by Gasteiger charge is 2.18. The zero-order valence-electron chi connectivity index (χ0n) is 10.7. The molecule has 1 aromatic heterocycles. The predicted octanol–water partition coefficient (Wildman–Crippen LogP) is 3.07. The molecule has 4 heteroatoms. The SMILES string of the molecule is C=C(C)C(=O)OC(CCCC)c1cnc(C)[nH]1.